The molecule has 0 unspecified atom stereocenters. The van der Waals surface area contributed by atoms with Crippen LogP contribution in [0.4, 0.5) is 0 Å². The topological polar surface area (TPSA) is 66.4 Å². The lowest BCUT2D eigenvalue weighted by Crippen LogP contribution is -2.57. The van der Waals surface area contributed by atoms with Gasteiger partial charge in [-0.05, 0) is 32.1 Å². The number of carboxylic acid groups (broad SMARTS) is 1. The fraction of sp³-hybridized carbons (Fsp3) is 0.846. The molecule has 0 saturated heterocycles. The van der Waals surface area contributed by atoms with Crippen molar-refractivity contribution in [1.29, 1.82) is 0 Å². The van der Waals surface area contributed by atoms with Crippen molar-refractivity contribution in [3.63, 3.8) is 0 Å². The molecule has 1 saturated carbocycles. The standard InChI is InChI=1S/C13H23NO3/c1-4-12(5-2,6-3)14-10(15)13(11(16)17)8-7-9-13/h4-9H2,1-3H3,(H,14,15)(H,16,17). The van der Waals surface area contributed by atoms with Gasteiger partial charge in [0.15, 0.2) is 0 Å². The van der Waals surface area contributed by atoms with E-state index in [0.29, 0.717) is 12.8 Å². The Balaban J connectivity index is 2.80. The molecule has 1 aliphatic rings. The molecule has 0 heterocycles. The van der Waals surface area contributed by atoms with Crippen LogP contribution in [0.3, 0.4) is 0 Å². The molecule has 98 valence electrons. The second kappa shape index (κ2) is 5.07. The number of hydrogen-bond acceptors (Lipinski definition) is 2. The Kier molecular flexibility index (Phi) is 4.17. The lowest BCUT2D eigenvalue weighted by Gasteiger charge is -2.40. The van der Waals surface area contributed by atoms with Crippen molar-refractivity contribution in [2.24, 2.45) is 5.41 Å². The van der Waals surface area contributed by atoms with Gasteiger partial charge < -0.3 is 10.4 Å². The maximum Gasteiger partial charge on any atom is 0.319 e. The van der Waals surface area contributed by atoms with Crippen molar-refractivity contribution >= 4 is 11.9 Å². The SMILES string of the molecule is CCC(CC)(CC)NC(=O)C1(C(=O)O)CCC1. The van der Waals surface area contributed by atoms with Crippen LogP contribution in [0.25, 0.3) is 0 Å². The zero-order valence-corrected chi connectivity index (χ0v) is 11.0. The molecule has 0 spiro atoms. The average Bonchev–Trinajstić information content (AvgIpc) is 2.24. The van der Waals surface area contributed by atoms with Gasteiger partial charge in [-0.25, -0.2) is 0 Å². The highest BCUT2D eigenvalue weighted by molar-refractivity contribution is 6.03. The molecule has 1 aliphatic carbocycles. The van der Waals surface area contributed by atoms with Crippen LogP contribution in [0.1, 0.15) is 59.3 Å². The fourth-order valence-electron chi connectivity index (χ4n) is 2.44. The molecule has 0 aromatic carbocycles. The molecule has 4 heteroatoms. The van der Waals surface area contributed by atoms with E-state index >= 15 is 0 Å². The minimum Gasteiger partial charge on any atom is -0.480 e. The molecule has 0 aliphatic heterocycles. The number of carbonyl (C=O) groups excluding carboxylic acids is 1. The Morgan fingerprint density at radius 3 is 1.88 bits per heavy atom. The first-order chi connectivity index (χ1) is 7.96. The summed E-state index contributed by atoms with van der Waals surface area (Å²) in [7, 11) is 0. The van der Waals surface area contributed by atoms with Crippen molar-refractivity contribution in [2.45, 2.75) is 64.8 Å². The predicted octanol–water partition coefficient (Wildman–Crippen LogP) is 2.33. The predicted molar refractivity (Wildman–Crippen MR) is 65.7 cm³/mol. The first kappa shape index (κ1) is 14.0. The van der Waals surface area contributed by atoms with E-state index in [2.05, 4.69) is 5.32 Å². The molecule has 1 rings (SSSR count). The Hall–Kier alpha value is -1.06. The van der Waals surface area contributed by atoms with E-state index in [1.807, 2.05) is 20.8 Å². The summed E-state index contributed by atoms with van der Waals surface area (Å²) in [5.41, 5.74) is -1.39. The number of carboxylic acids is 1. The molecule has 0 atom stereocenters. The van der Waals surface area contributed by atoms with Gasteiger partial charge in [-0.3, -0.25) is 9.59 Å². The van der Waals surface area contributed by atoms with E-state index in [1.54, 1.807) is 0 Å². The summed E-state index contributed by atoms with van der Waals surface area (Å²) >= 11 is 0. The summed E-state index contributed by atoms with van der Waals surface area (Å²) < 4.78 is 0. The molecule has 1 fully saturated rings. The van der Waals surface area contributed by atoms with Gasteiger partial charge in [0.1, 0.15) is 5.41 Å². The minimum absolute atomic E-state index is 0.241. The third-order valence-corrected chi connectivity index (χ3v) is 4.46. The van der Waals surface area contributed by atoms with Crippen molar-refractivity contribution < 1.29 is 14.7 Å². The summed E-state index contributed by atoms with van der Waals surface area (Å²) in [6.45, 7) is 6.09. The smallest absolute Gasteiger partial charge is 0.319 e. The van der Waals surface area contributed by atoms with Crippen molar-refractivity contribution in [1.82, 2.24) is 5.32 Å². The molecular weight excluding hydrogens is 218 g/mol. The summed E-state index contributed by atoms with van der Waals surface area (Å²) in [5.74, 6) is -1.26. The van der Waals surface area contributed by atoms with Gasteiger partial charge >= 0.3 is 5.97 Å². The molecule has 17 heavy (non-hydrogen) atoms. The van der Waals surface area contributed by atoms with E-state index in [9.17, 15) is 14.7 Å². The van der Waals surface area contributed by atoms with E-state index in [4.69, 9.17) is 0 Å². The van der Waals surface area contributed by atoms with Crippen LogP contribution in [0.2, 0.25) is 0 Å². The number of carbonyl (C=O) groups is 2. The Labute approximate surface area is 103 Å². The molecule has 2 N–H and O–H groups in total. The number of hydrogen-bond donors (Lipinski definition) is 2. The first-order valence-electron chi connectivity index (χ1n) is 6.52. The number of nitrogens with one attached hydrogen (secondary N) is 1. The molecule has 1 amide bonds. The second-order valence-electron chi connectivity index (χ2n) is 5.04. The van der Waals surface area contributed by atoms with Crippen LogP contribution in [-0.2, 0) is 9.59 Å². The average molecular weight is 241 g/mol. The largest absolute Gasteiger partial charge is 0.480 e. The van der Waals surface area contributed by atoms with Gasteiger partial charge in [-0.1, -0.05) is 27.2 Å². The molecule has 0 aromatic heterocycles. The molecule has 0 aromatic rings. The third-order valence-electron chi connectivity index (χ3n) is 4.46. The summed E-state index contributed by atoms with van der Waals surface area (Å²) in [4.78, 5) is 23.4. The summed E-state index contributed by atoms with van der Waals surface area (Å²) in [5, 5.41) is 12.2. The fourth-order valence-corrected chi connectivity index (χ4v) is 2.44. The van der Waals surface area contributed by atoms with Crippen molar-refractivity contribution in [3.05, 3.63) is 0 Å². The third kappa shape index (κ3) is 2.31. The van der Waals surface area contributed by atoms with E-state index in [0.717, 1.165) is 25.7 Å². The molecule has 0 bridgehead atoms. The Bertz CT molecular complexity index is 296. The van der Waals surface area contributed by atoms with Gasteiger partial charge in [-0.2, -0.15) is 0 Å². The number of aliphatic carboxylic acids is 1. The van der Waals surface area contributed by atoms with E-state index < -0.39 is 11.4 Å². The summed E-state index contributed by atoms with van der Waals surface area (Å²) in [6.07, 6.45) is 4.28. The van der Waals surface area contributed by atoms with Crippen LogP contribution in [-0.4, -0.2) is 22.5 Å². The van der Waals surface area contributed by atoms with Gasteiger partial charge in [0, 0.05) is 5.54 Å². The van der Waals surface area contributed by atoms with Gasteiger partial charge in [-0.15, -0.1) is 0 Å². The lowest BCUT2D eigenvalue weighted by molar-refractivity contribution is -0.163. The monoisotopic (exact) mass is 241 g/mol. The normalized spacial score (nSPS) is 18.3. The molecule has 4 nitrogen and oxygen atoms in total. The van der Waals surface area contributed by atoms with Gasteiger partial charge in [0.2, 0.25) is 5.91 Å². The number of rotatable bonds is 6. The maximum atomic E-state index is 12.2. The van der Waals surface area contributed by atoms with E-state index in [1.165, 1.54) is 0 Å². The summed E-state index contributed by atoms with van der Waals surface area (Å²) in [6, 6.07) is 0. The quantitative estimate of drug-likeness (QED) is 0.701. The van der Waals surface area contributed by atoms with Crippen LogP contribution in [0.5, 0.6) is 0 Å². The second-order valence-corrected chi connectivity index (χ2v) is 5.04. The van der Waals surface area contributed by atoms with Crippen molar-refractivity contribution in [2.75, 3.05) is 0 Å². The zero-order chi connectivity index (χ0) is 13.1. The van der Waals surface area contributed by atoms with Crippen LogP contribution in [0.15, 0.2) is 0 Å². The van der Waals surface area contributed by atoms with Gasteiger partial charge in [0.25, 0.3) is 0 Å². The van der Waals surface area contributed by atoms with Crippen LogP contribution >= 0.6 is 0 Å². The van der Waals surface area contributed by atoms with Gasteiger partial charge in [0.05, 0.1) is 0 Å². The first-order valence-corrected chi connectivity index (χ1v) is 6.52. The zero-order valence-electron chi connectivity index (χ0n) is 11.0. The highest BCUT2D eigenvalue weighted by Gasteiger charge is 2.52. The van der Waals surface area contributed by atoms with Crippen LogP contribution in [0, 0.1) is 5.41 Å². The lowest BCUT2D eigenvalue weighted by atomic mass is 9.67. The highest BCUT2D eigenvalue weighted by atomic mass is 16.4. The Morgan fingerprint density at radius 1 is 1.18 bits per heavy atom. The highest BCUT2D eigenvalue weighted by Crippen LogP contribution is 2.42. The maximum absolute atomic E-state index is 12.2. The molecule has 0 radical (unpaired) electrons. The van der Waals surface area contributed by atoms with Crippen LogP contribution < -0.4 is 5.32 Å². The van der Waals surface area contributed by atoms with Crippen molar-refractivity contribution in [3.8, 4) is 0 Å². The Morgan fingerprint density at radius 2 is 1.65 bits per heavy atom. The molecular formula is C13H23NO3. The minimum atomic E-state index is -1.15. The van der Waals surface area contributed by atoms with E-state index in [-0.39, 0.29) is 11.4 Å². The number of amides is 1.